The molecule has 0 aliphatic rings. The molecule has 0 saturated heterocycles. The summed E-state index contributed by atoms with van der Waals surface area (Å²) in [5.41, 5.74) is 3.32. The third-order valence-electron chi connectivity index (χ3n) is 5.68. The van der Waals surface area contributed by atoms with Crippen LogP contribution >= 0.6 is 0 Å². The van der Waals surface area contributed by atoms with Crippen molar-refractivity contribution in [1.82, 2.24) is 15.0 Å². The van der Waals surface area contributed by atoms with E-state index in [0.29, 0.717) is 41.5 Å². The number of benzene rings is 2. The van der Waals surface area contributed by atoms with Crippen molar-refractivity contribution in [2.45, 2.75) is 39.9 Å². The summed E-state index contributed by atoms with van der Waals surface area (Å²) in [6, 6.07) is 10.1. The van der Waals surface area contributed by atoms with Gasteiger partial charge in [-0.15, -0.1) is 0 Å². The summed E-state index contributed by atoms with van der Waals surface area (Å²) in [4.78, 5) is 11.9. The molecule has 9 heteroatoms. The topological polar surface area (TPSA) is 65.6 Å². The van der Waals surface area contributed by atoms with Crippen molar-refractivity contribution in [1.29, 1.82) is 0 Å². The number of nitrogens with zero attached hydrogens (tertiary/aromatic N) is 2. The Kier molecular flexibility index (Phi) is 6.45. The number of aryl methyl sites for hydroxylation is 3. The number of aromatic nitrogens is 3. The molecule has 0 fully saturated rings. The lowest BCUT2D eigenvalue weighted by Gasteiger charge is -2.12. The van der Waals surface area contributed by atoms with E-state index >= 15 is 0 Å². The minimum absolute atomic E-state index is 0.194. The minimum Gasteiger partial charge on any atom is -0.370 e. The van der Waals surface area contributed by atoms with Gasteiger partial charge in [-0.05, 0) is 62.1 Å². The molecule has 4 aromatic rings. The van der Waals surface area contributed by atoms with E-state index in [9.17, 15) is 17.6 Å². The van der Waals surface area contributed by atoms with Gasteiger partial charge in [0.05, 0.1) is 11.1 Å². The molecule has 0 atom stereocenters. The fourth-order valence-corrected chi connectivity index (χ4v) is 4.07. The monoisotopic (exact) mass is 471 g/mol. The van der Waals surface area contributed by atoms with Gasteiger partial charge in [-0.25, -0.2) is 14.4 Å². The summed E-state index contributed by atoms with van der Waals surface area (Å²) in [5, 5.41) is 7.24. The molecule has 34 heavy (non-hydrogen) atoms. The molecule has 0 radical (unpaired) electrons. The number of anilines is 2. The number of aromatic amines is 1. The number of alkyl halides is 3. The Labute approximate surface area is 194 Å². The van der Waals surface area contributed by atoms with Crippen molar-refractivity contribution in [2.24, 2.45) is 0 Å². The van der Waals surface area contributed by atoms with Crippen LogP contribution in [0.4, 0.5) is 29.2 Å². The number of fused-ring (bicyclic) bond motifs is 1. The van der Waals surface area contributed by atoms with Gasteiger partial charge in [-0.3, -0.25) is 0 Å². The molecule has 0 amide bonds. The van der Waals surface area contributed by atoms with E-state index in [1.54, 1.807) is 25.1 Å². The van der Waals surface area contributed by atoms with Crippen LogP contribution < -0.4 is 10.6 Å². The summed E-state index contributed by atoms with van der Waals surface area (Å²) in [5.74, 6) is 1.36. The molecule has 0 aliphatic carbocycles. The second kappa shape index (κ2) is 9.32. The molecule has 2 aromatic carbocycles. The van der Waals surface area contributed by atoms with Crippen molar-refractivity contribution >= 4 is 22.5 Å². The summed E-state index contributed by atoms with van der Waals surface area (Å²) in [6.45, 7) is 6.39. The van der Waals surface area contributed by atoms with Gasteiger partial charge < -0.3 is 15.6 Å². The highest BCUT2D eigenvalue weighted by Crippen LogP contribution is 2.30. The molecule has 0 aliphatic heterocycles. The van der Waals surface area contributed by atoms with Crippen molar-refractivity contribution in [3.63, 3.8) is 0 Å². The lowest BCUT2D eigenvalue weighted by atomic mass is 10.0. The first-order valence-corrected chi connectivity index (χ1v) is 10.9. The molecule has 0 spiro atoms. The van der Waals surface area contributed by atoms with Gasteiger partial charge in [0, 0.05) is 30.2 Å². The second-order valence-corrected chi connectivity index (χ2v) is 8.26. The molecule has 0 unspecified atom stereocenters. The fraction of sp³-hybridized carbons (Fsp3) is 0.280. The van der Waals surface area contributed by atoms with E-state index in [1.807, 2.05) is 13.8 Å². The molecule has 4 rings (SSSR count). The zero-order valence-corrected chi connectivity index (χ0v) is 19.1. The SMILES string of the molecule is Cc1nc(NCCc2c(C)[nH]c3c(F)ccc(C)c23)cc(NCc2cccc(C(F)(F)F)c2)n1. The number of rotatable bonds is 7. The summed E-state index contributed by atoms with van der Waals surface area (Å²) in [7, 11) is 0. The Bertz CT molecular complexity index is 1330. The van der Waals surface area contributed by atoms with Crippen LogP contribution in [0.2, 0.25) is 0 Å². The first-order chi connectivity index (χ1) is 16.1. The maximum atomic E-state index is 14.2. The van der Waals surface area contributed by atoms with E-state index < -0.39 is 11.7 Å². The zero-order valence-electron chi connectivity index (χ0n) is 19.1. The molecular weight excluding hydrogens is 446 g/mol. The van der Waals surface area contributed by atoms with Gasteiger partial charge in [0.1, 0.15) is 23.3 Å². The quantitative estimate of drug-likeness (QED) is 0.277. The van der Waals surface area contributed by atoms with Gasteiger partial charge in [0.15, 0.2) is 0 Å². The Morgan fingerprint density at radius 2 is 1.68 bits per heavy atom. The molecule has 178 valence electrons. The third kappa shape index (κ3) is 5.13. The fourth-order valence-electron chi connectivity index (χ4n) is 4.07. The van der Waals surface area contributed by atoms with Crippen LogP contribution in [0.25, 0.3) is 10.9 Å². The van der Waals surface area contributed by atoms with E-state index in [1.165, 1.54) is 12.1 Å². The highest BCUT2D eigenvalue weighted by Gasteiger charge is 2.30. The number of nitrogens with one attached hydrogen (secondary N) is 3. The van der Waals surface area contributed by atoms with Crippen LogP contribution in [0.1, 0.15) is 33.8 Å². The Balaban J connectivity index is 1.43. The van der Waals surface area contributed by atoms with Crippen molar-refractivity contribution < 1.29 is 17.6 Å². The zero-order chi connectivity index (χ0) is 24.5. The number of halogens is 4. The van der Waals surface area contributed by atoms with Crippen molar-refractivity contribution in [3.05, 3.63) is 82.1 Å². The predicted octanol–water partition coefficient (Wildman–Crippen LogP) is 6.31. The van der Waals surface area contributed by atoms with Crippen LogP contribution in [-0.4, -0.2) is 21.5 Å². The Hall–Kier alpha value is -3.62. The van der Waals surface area contributed by atoms with Crippen LogP contribution in [0.5, 0.6) is 0 Å². The third-order valence-corrected chi connectivity index (χ3v) is 5.68. The van der Waals surface area contributed by atoms with E-state index in [2.05, 4.69) is 25.6 Å². The standard InChI is InChI=1S/C25H25F4N5/c1-14-7-8-20(26)24-23(14)19(15(2)32-24)9-10-30-21-12-22(34-16(3)33-21)31-13-17-5-4-6-18(11-17)25(27,28)29/h4-8,11-12,32H,9-10,13H2,1-3H3,(H2,30,31,33,34). The van der Waals surface area contributed by atoms with Crippen LogP contribution in [-0.2, 0) is 19.1 Å². The average Bonchev–Trinajstić information content (AvgIpc) is 3.12. The van der Waals surface area contributed by atoms with E-state index in [0.717, 1.165) is 34.3 Å². The Morgan fingerprint density at radius 3 is 2.41 bits per heavy atom. The number of H-pyrrole nitrogens is 1. The van der Waals surface area contributed by atoms with Crippen LogP contribution in [0.3, 0.4) is 0 Å². The second-order valence-electron chi connectivity index (χ2n) is 8.26. The Morgan fingerprint density at radius 1 is 0.941 bits per heavy atom. The van der Waals surface area contributed by atoms with Crippen molar-refractivity contribution in [3.8, 4) is 0 Å². The molecule has 0 bridgehead atoms. The van der Waals surface area contributed by atoms with Gasteiger partial charge in [-0.2, -0.15) is 13.2 Å². The van der Waals surface area contributed by atoms with Gasteiger partial charge >= 0.3 is 6.18 Å². The lowest BCUT2D eigenvalue weighted by molar-refractivity contribution is -0.137. The average molecular weight is 472 g/mol. The maximum absolute atomic E-state index is 14.2. The highest BCUT2D eigenvalue weighted by atomic mass is 19.4. The number of hydrogen-bond donors (Lipinski definition) is 3. The summed E-state index contributed by atoms with van der Waals surface area (Å²) in [6.07, 6.45) is -3.72. The summed E-state index contributed by atoms with van der Waals surface area (Å²) < 4.78 is 53.0. The molecule has 5 nitrogen and oxygen atoms in total. The van der Waals surface area contributed by atoms with Crippen LogP contribution in [0.15, 0.2) is 42.5 Å². The summed E-state index contributed by atoms with van der Waals surface area (Å²) >= 11 is 0. The maximum Gasteiger partial charge on any atom is 0.416 e. The first kappa shape index (κ1) is 23.5. The lowest BCUT2D eigenvalue weighted by Crippen LogP contribution is -2.10. The smallest absolute Gasteiger partial charge is 0.370 e. The normalized spacial score (nSPS) is 11.7. The van der Waals surface area contributed by atoms with Gasteiger partial charge in [0.25, 0.3) is 0 Å². The predicted molar refractivity (Wildman–Crippen MR) is 125 cm³/mol. The molecular formula is C25H25F4N5. The van der Waals surface area contributed by atoms with E-state index in [-0.39, 0.29) is 12.4 Å². The molecule has 2 heterocycles. The largest absolute Gasteiger partial charge is 0.416 e. The highest BCUT2D eigenvalue weighted by molar-refractivity contribution is 5.88. The minimum atomic E-state index is -4.38. The number of hydrogen-bond acceptors (Lipinski definition) is 4. The van der Waals surface area contributed by atoms with E-state index in [4.69, 9.17) is 0 Å². The van der Waals surface area contributed by atoms with Gasteiger partial charge in [0.2, 0.25) is 0 Å². The molecule has 2 aromatic heterocycles. The molecule has 0 saturated carbocycles. The van der Waals surface area contributed by atoms with Gasteiger partial charge in [-0.1, -0.05) is 18.2 Å². The molecule has 3 N–H and O–H groups in total. The van der Waals surface area contributed by atoms with Crippen LogP contribution in [0, 0.1) is 26.6 Å². The van der Waals surface area contributed by atoms with Crippen molar-refractivity contribution in [2.75, 3.05) is 17.2 Å². The first-order valence-electron chi connectivity index (χ1n) is 10.9.